The zero-order valence-electron chi connectivity index (χ0n) is 16.7. The second-order valence-corrected chi connectivity index (χ2v) is 8.90. The maximum absolute atomic E-state index is 12.5. The topological polar surface area (TPSA) is 154 Å². The molecule has 0 bridgehead atoms. The van der Waals surface area contributed by atoms with E-state index in [9.17, 15) is 28.1 Å². The van der Waals surface area contributed by atoms with Gasteiger partial charge in [0.15, 0.2) is 6.61 Å². The number of carbonyl (C=O) groups excluding carboxylic acids is 2. The number of hydrogen-bond acceptors (Lipinski definition) is 8. The van der Waals surface area contributed by atoms with Crippen LogP contribution in [0.15, 0.2) is 41.3 Å². The van der Waals surface area contributed by atoms with E-state index in [2.05, 4.69) is 10.0 Å². The zero-order valence-corrected chi connectivity index (χ0v) is 18.2. The first-order valence-electron chi connectivity index (χ1n) is 9.22. The van der Waals surface area contributed by atoms with Crippen molar-refractivity contribution in [2.24, 2.45) is 0 Å². The third-order valence-electron chi connectivity index (χ3n) is 4.36. The summed E-state index contributed by atoms with van der Waals surface area (Å²) < 4.78 is 37.6. The fourth-order valence-electron chi connectivity index (χ4n) is 2.62. The van der Waals surface area contributed by atoms with E-state index in [1.807, 2.05) is 0 Å². The molecule has 1 fully saturated rings. The van der Waals surface area contributed by atoms with Gasteiger partial charge in [-0.25, -0.2) is 17.9 Å². The van der Waals surface area contributed by atoms with E-state index in [1.165, 1.54) is 25.3 Å². The molecule has 2 aromatic rings. The van der Waals surface area contributed by atoms with Gasteiger partial charge in [-0.15, -0.1) is 0 Å². The van der Waals surface area contributed by atoms with Crippen LogP contribution in [0.1, 0.15) is 23.2 Å². The number of hydrogen-bond donors (Lipinski definition) is 2. The summed E-state index contributed by atoms with van der Waals surface area (Å²) in [5.74, 6) is -1.62. The van der Waals surface area contributed by atoms with Crippen molar-refractivity contribution in [3.8, 4) is 5.75 Å². The van der Waals surface area contributed by atoms with E-state index < -0.39 is 33.4 Å². The summed E-state index contributed by atoms with van der Waals surface area (Å²) in [6.07, 6.45) is 1.47. The predicted molar refractivity (Wildman–Crippen MR) is 113 cm³/mol. The number of nitro benzene ring substituents is 1. The first kappa shape index (κ1) is 23.4. The molecule has 170 valence electrons. The number of nitro groups is 1. The Labute approximate surface area is 187 Å². The quantitative estimate of drug-likeness (QED) is 0.313. The number of anilines is 1. The largest absolute Gasteiger partial charge is 0.495 e. The van der Waals surface area contributed by atoms with Crippen LogP contribution < -0.4 is 14.8 Å². The van der Waals surface area contributed by atoms with E-state index in [1.54, 1.807) is 0 Å². The van der Waals surface area contributed by atoms with Gasteiger partial charge in [-0.2, -0.15) is 0 Å². The number of nitrogens with one attached hydrogen (secondary N) is 2. The standard InChI is InChI=1S/C19H18ClN3O8S/c1-30-16-7-2-11(8-17(16)32(28,29)22-12-3-4-12)19(25)31-10-18(24)21-15-6-5-13(23(26)27)9-14(15)20/h2,5-9,12,22H,3-4,10H2,1H3,(H,21,24). The first-order valence-corrected chi connectivity index (χ1v) is 11.1. The summed E-state index contributed by atoms with van der Waals surface area (Å²) in [4.78, 5) is 34.3. The lowest BCUT2D eigenvalue weighted by atomic mass is 10.2. The molecule has 2 aromatic carbocycles. The minimum Gasteiger partial charge on any atom is -0.495 e. The maximum atomic E-state index is 12.5. The van der Waals surface area contributed by atoms with Crippen LogP contribution in [0, 0.1) is 10.1 Å². The summed E-state index contributed by atoms with van der Waals surface area (Å²) >= 11 is 5.90. The monoisotopic (exact) mass is 483 g/mol. The van der Waals surface area contributed by atoms with Crippen molar-refractivity contribution >= 4 is 44.9 Å². The predicted octanol–water partition coefficient (Wildman–Crippen LogP) is 2.49. The highest BCUT2D eigenvalue weighted by Crippen LogP contribution is 2.29. The van der Waals surface area contributed by atoms with Gasteiger partial charge in [-0.1, -0.05) is 11.6 Å². The molecular weight excluding hydrogens is 466 g/mol. The lowest BCUT2D eigenvalue weighted by Gasteiger charge is -2.12. The third-order valence-corrected chi connectivity index (χ3v) is 6.21. The van der Waals surface area contributed by atoms with Gasteiger partial charge in [0.2, 0.25) is 10.0 Å². The van der Waals surface area contributed by atoms with Gasteiger partial charge in [-0.3, -0.25) is 14.9 Å². The van der Waals surface area contributed by atoms with E-state index in [0.717, 1.165) is 31.0 Å². The molecule has 0 spiro atoms. The van der Waals surface area contributed by atoms with Crippen molar-refractivity contribution in [2.45, 2.75) is 23.8 Å². The Kier molecular flexibility index (Phi) is 6.96. The Morgan fingerprint density at radius 1 is 1.22 bits per heavy atom. The molecule has 0 atom stereocenters. The molecule has 1 aliphatic rings. The lowest BCUT2D eigenvalue weighted by Crippen LogP contribution is -2.26. The van der Waals surface area contributed by atoms with Crippen LogP contribution in [0.5, 0.6) is 5.75 Å². The van der Waals surface area contributed by atoms with Crippen LogP contribution in [-0.2, 0) is 19.6 Å². The summed E-state index contributed by atoms with van der Waals surface area (Å²) in [7, 11) is -2.60. The second kappa shape index (κ2) is 9.51. The molecule has 3 rings (SSSR count). The maximum Gasteiger partial charge on any atom is 0.338 e. The fourth-order valence-corrected chi connectivity index (χ4v) is 4.34. The Morgan fingerprint density at radius 2 is 1.94 bits per heavy atom. The number of benzene rings is 2. The highest BCUT2D eigenvalue weighted by atomic mass is 35.5. The van der Waals surface area contributed by atoms with Crippen LogP contribution >= 0.6 is 11.6 Å². The normalized spacial score (nSPS) is 13.3. The molecule has 0 unspecified atom stereocenters. The van der Waals surface area contributed by atoms with Gasteiger partial charge in [0.1, 0.15) is 10.6 Å². The summed E-state index contributed by atoms with van der Waals surface area (Å²) in [6.45, 7) is -0.694. The number of carbonyl (C=O) groups is 2. The molecule has 32 heavy (non-hydrogen) atoms. The summed E-state index contributed by atoms with van der Waals surface area (Å²) in [5, 5.41) is 13.0. The number of sulfonamides is 1. The Hall–Kier alpha value is -3.22. The number of methoxy groups -OCH3 is 1. The van der Waals surface area contributed by atoms with Crippen molar-refractivity contribution < 1.29 is 32.4 Å². The van der Waals surface area contributed by atoms with E-state index in [-0.39, 0.29) is 38.6 Å². The number of ether oxygens (including phenoxy) is 2. The molecule has 0 saturated heterocycles. The van der Waals surface area contributed by atoms with Crippen molar-refractivity contribution in [3.63, 3.8) is 0 Å². The first-order chi connectivity index (χ1) is 15.1. The SMILES string of the molecule is COc1ccc(C(=O)OCC(=O)Nc2ccc([N+](=O)[O-])cc2Cl)cc1S(=O)(=O)NC1CC1. The third kappa shape index (κ3) is 5.72. The number of non-ortho nitro benzene ring substituents is 1. The van der Waals surface area contributed by atoms with Gasteiger partial charge in [0, 0.05) is 18.2 Å². The van der Waals surface area contributed by atoms with Crippen LogP contribution in [-0.4, -0.2) is 45.0 Å². The Morgan fingerprint density at radius 3 is 2.53 bits per heavy atom. The molecule has 0 aliphatic heterocycles. The number of halogens is 1. The van der Waals surface area contributed by atoms with Crippen molar-refractivity contribution in [2.75, 3.05) is 19.0 Å². The molecule has 1 saturated carbocycles. The van der Waals surface area contributed by atoms with E-state index >= 15 is 0 Å². The molecule has 0 aromatic heterocycles. The fraction of sp³-hybridized carbons (Fsp3) is 0.263. The molecule has 0 radical (unpaired) electrons. The van der Waals surface area contributed by atoms with Gasteiger partial charge in [0.25, 0.3) is 11.6 Å². The zero-order chi connectivity index (χ0) is 23.5. The lowest BCUT2D eigenvalue weighted by molar-refractivity contribution is -0.384. The number of amides is 1. The number of rotatable bonds is 9. The summed E-state index contributed by atoms with van der Waals surface area (Å²) in [5.41, 5.74) is -0.244. The minimum atomic E-state index is -3.91. The second-order valence-electron chi connectivity index (χ2n) is 6.81. The molecule has 11 nitrogen and oxygen atoms in total. The smallest absolute Gasteiger partial charge is 0.338 e. The highest BCUT2D eigenvalue weighted by Gasteiger charge is 2.30. The molecular formula is C19H18ClN3O8S. The Bertz CT molecular complexity index is 1180. The highest BCUT2D eigenvalue weighted by molar-refractivity contribution is 7.89. The molecule has 1 amide bonds. The van der Waals surface area contributed by atoms with Crippen LogP contribution in [0.3, 0.4) is 0 Å². The van der Waals surface area contributed by atoms with Crippen LogP contribution in [0.25, 0.3) is 0 Å². The van der Waals surface area contributed by atoms with Gasteiger partial charge >= 0.3 is 5.97 Å². The Balaban J connectivity index is 1.66. The van der Waals surface area contributed by atoms with Gasteiger partial charge < -0.3 is 14.8 Å². The van der Waals surface area contributed by atoms with Crippen molar-refractivity contribution in [3.05, 3.63) is 57.1 Å². The minimum absolute atomic E-state index is 0.0558. The average molecular weight is 484 g/mol. The number of nitrogens with zero attached hydrogens (tertiary/aromatic N) is 1. The molecule has 13 heteroatoms. The number of esters is 1. The summed E-state index contributed by atoms with van der Waals surface area (Å²) in [6, 6.07) is 7.05. The average Bonchev–Trinajstić information content (AvgIpc) is 3.56. The van der Waals surface area contributed by atoms with Gasteiger partial charge in [-0.05, 0) is 37.1 Å². The molecule has 0 heterocycles. The van der Waals surface area contributed by atoms with Crippen LogP contribution in [0.2, 0.25) is 5.02 Å². The van der Waals surface area contributed by atoms with Crippen LogP contribution in [0.4, 0.5) is 11.4 Å². The van der Waals surface area contributed by atoms with E-state index in [0.29, 0.717) is 0 Å². The van der Waals surface area contributed by atoms with Crippen molar-refractivity contribution in [1.82, 2.24) is 4.72 Å². The van der Waals surface area contributed by atoms with E-state index in [4.69, 9.17) is 21.1 Å². The molecule has 2 N–H and O–H groups in total. The molecule has 1 aliphatic carbocycles. The van der Waals surface area contributed by atoms with Crippen molar-refractivity contribution in [1.29, 1.82) is 0 Å². The van der Waals surface area contributed by atoms with Gasteiger partial charge in [0.05, 0.1) is 28.3 Å².